The van der Waals surface area contributed by atoms with E-state index >= 15 is 0 Å². The summed E-state index contributed by atoms with van der Waals surface area (Å²) in [5.41, 5.74) is 10.4. The number of ether oxygens (including phenoxy) is 1. The molecule has 3 amide bonds. The Bertz CT molecular complexity index is 522. The summed E-state index contributed by atoms with van der Waals surface area (Å²) in [6.07, 6.45) is 0.448. The van der Waals surface area contributed by atoms with Crippen molar-refractivity contribution in [3.63, 3.8) is 0 Å². The molecule has 8 N–H and O–H groups in total. The number of alkyl carbamates (subject to hydrolysis) is 1. The Labute approximate surface area is 150 Å². The lowest BCUT2D eigenvalue weighted by atomic mass is 10.1. The van der Waals surface area contributed by atoms with Gasteiger partial charge in [-0.15, -0.1) is 0 Å². The van der Waals surface area contributed by atoms with Gasteiger partial charge in [0.15, 0.2) is 5.96 Å². The van der Waals surface area contributed by atoms with E-state index in [2.05, 4.69) is 25.7 Å². The molecule has 0 fully saturated rings. The van der Waals surface area contributed by atoms with Crippen LogP contribution in [0, 0.1) is 0 Å². The van der Waals surface area contributed by atoms with Crippen LogP contribution in [0.15, 0.2) is 4.99 Å². The van der Waals surface area contributed by atoms with Crippen LogP contribution < -0.4 is 27.4 Å². The van der Waals surface area contributed by atoms with Crippen molar-refractivity contribution in [2.75, 3.05) is 20.3 Å². The lowest BCUT2D eigenvalue weighted by Crippen LogP contribution is -2.55. The number of carbonyl (C=O) groups excluding carboxylic acids is 4. The highest BCUT2D eigenvalue weighted by molar-refractivity contribution is 5.91. The second kappa shape index (κ2) is 12.5. The van der Waals surface area contributed by atoms with Crippen LogP contribution in [0.1, 0.15) is 19.8 Å². The molecular weight excluding hydrogens is 348 g/mol. The molecule has 0 aromatic carbocycles. The SMILES string of the molecule is COC(=O)N[C@H](CO)C(=O)N[C@@H](C)C(=O)N[C@H](C=O)CCCN=C(N)N. The van der Waals surface area contributed by atoms with E-state index in [0.29, 0.717) is 25.7 Å². The molecule has 148 valence electrons. The quantitative estimate of drug-likeness (QED) is 0.0947. The molecule has 3 atom stereocenters. The average molecular weight is 374 g/mol. The number of rotatable bonds is 11. The monoisotopic (exact) mass is 374 g/mol. The van der Waals surface area contributed by atoms with Crippen molar-refractivity contribution >= 4 is 30.2 Å². The van der Waals surface area contributed by atoms with E-state index < -0.39 is 42.6 Å². The molecule has 0 aliphatic rings. The molecule has 0 aliphatic heterocycles. The Morgan fingerprint density at radius 3 is 2.35 bits per heavy atom. The minimum absolute atomic E-state index is 0.0629. The van der Waals surface area contributed by atoms with Crippen LogP contribution in [0.2, 0.25) is 0 Å². The zero-order chi connectivity index (χ0) is 20.1. The highest BCUT2D eigenvalue weighted by atomic mass is 16.5. The Morgan fingerprint density at radius 2 is 1.85 bits per heavy atom. The number of hydrogen-bond donors (Lipinski definition) is 6. The van der Waals surface area contributed by atoms with E-state index in [1.165, 1.54) is 6.92 Å². The number of hydrogen-bond acceptors (Lipinski definition) is 7. The first-order chi connectivity index (χ1) is 12.2. The molecule has 0 aromatic heterocycles. The van der Waals surface area contributed by atoms with Crippen molar-refractivity contribution in [3.05, 3.63) is 0 Å². The van der Waals surface area contributed by atoms with Crippen LogP contribution in [0.3, 0.4) is 0 Å². The molecule has 0 bridgehead atoms. The predicted molar refractivity (Wildman–Crippen MR) is 91.9 cm³/mol. The first kappa shape index (κ1) is 23.1. The molecule has 0 rings (SSSR count). The number of aldehydes is 1. The summed E-state index contributed by atoms with van der Waals surface area (Å²) < 4.78 is 4.33. The topological polar surface area (TPSA) is 198 Å². The van der Waals surface area contributed by atoms with Gasteiger partial charge in [0.1, 0.15) is 18.4 Å². The van der Waals surface area contributed by atoms with Gasteiger partial charge in [-0.05, 0) is 19.8 Å². The van der Waals surface area contributed by atoms with E-state index in [0.717, 1.165) is 7.11 Å². The Hall–Kier alpha value is -2.89. The van der Waals surface area contributed by atoms with Gasteiger partial charge in [-0.2, -0.15) is 0 Å². The van der Waals surface area contributed by atoms with Gasteiger partial charge in [-0.25, -0.2) is 4.79 Å². The zero-order valence-electron chi connectivity index (χ0n) is 14.7. The lowest BCUT2D eigenvalue weighted by molar-refractivity contribution is -0.131. The van der Waals surface area contributed by atoms with Gasteiger partial charge in [0.2, 0.25) is 11.8 Å². The molecule has 0 saturated carbocycles. The summed E-state index contributed by atoms with van der Waals surface area (Å²) in [5.74, 6) is -1.45. The Balaban J connectivity index is 4.49. The van der Waals surface area contributed by atoms with E-state index in [1.807, 2.05) is 0 Å². The highest BCUT2D eigenvalue weighted by Gasteiger charge is 2.25. The third-order valence-electron chi connectivity index (χ3n) is 3.19. The zero-order valence-corrected chi connectivity index (χ0v) is 14.7. The van der Waals surface area contributed by atoms with Gasteiger partial charge in [-0.3, -0.25) is 14.6 Å². The van der Waals surface area contributed by atoms with Crippen LogP contribution in [-0.4, -0.2) is 73.6 Å². The first-order valence-electron chi connectivity index (χ1n) is 7.81. The number of carbonyl (C=O) groups is 4. The van der Waals surface area contributed by atoms with Gasteiger partial charge < -0.3 is 42.1 Å². The van der Waals surface area contributed by atoms with E-state index in [1.54, 1.807) is 0 Å². The normalized spacial score (nSPS) is 13.5. The summed E-state index contributed by atoms with van der Waals surface area (Å²) in [6.45, 7) is 1.02. The van der Waals surface area contributed by atoms with Gasteiger partial charge in [-0.1, -0.05) is 0 Å². The fraction of sp³-hybridized carbons (Fsp3) is 0.643. The largest absolute Gasteiger partial charge is 0.453 e. The fourth-order valence-corrected chi connectivity index (χ4v) is 1.78. The van der Waals surface area contributed by atoms with Crippen LogP contribution in [0.4, 0.5) is 4.79 Å². The maximum atomic E-state index is 12.1. The van der Waals surface area contributed by atoms with E-state index in [4.69, 9.17) is 16.6 Å². The van der Waals surface area contributed by atoms with Crippen LogP contribution >= 0.6 is 0 Å². The fourth-order valence-electron chi connectivity index (χ4n) is 1.78. The third-order valence-corrected chi connectivity index (χ3v) is 3.19. The molecule has 0 saturated heterocycles. The van der Waals surface area contributed by atoms with E-state index in [9.17, 15) is 19.2 Å². The number of nitrogens with one attached hydrogen (secondary N) is 3. The number of guanidine groups is 1. The van der Waals surface area contributed by atoms with Gasteiger partial charge in [0.25, 0.3) is 0 Å². The predicted octanol–water partition coefficient (Wildman–Crippen LogP) is -3.05. The van der Waals surface area contributed by atoms with Crippen molar-refractivity contribution in [1.82, 2.24) is 16.0 Å². The van der Waals surface area contributed by atoms with Crippen molar-refractivity contribution in [1.29, 1.82) is 0 Å². The number of amides is 3. The second-order valence-corrected chi connectivity index (χ2v) is 5.30. The smallest absolute Gasteiger partial charge is 0.407 e. The summed E-state index contributed by atoms with van der Waals surface area (Å²) >= 11 is 0. The van der Waals surface area contributed by atoms with Gasteiger partial charge in [0.05, 0.1) is 19.8 Å². The van der Waals surface area contributed by atoms with Crippen LogP contribution in [0.5, 0.6) is 0 Å². The molecule has 12 nitrogen and oxygen atoms in total. The highest BCUT2D eigenvalue weighted by Crippen LogP contribution is 1.97. The third kappa shape index (κ3) is 9.42. The minimum Gasteiger partial charge on any atom is -0.453 e. The van der Waals surface area contributed by atoms with Crippen molar-refractivity contribution < 1.29 is 29.0 Å². The number of aliphatic imine (C=N–C) groups is 1. The van der Waals surface area contributed by atoms with Gasteiger partial charge >= 0.3 is 6.09 Å². The molecule has 0 aliphatic carbocycles. The Kier molecular flexibility index (Phi) is 11.1. The standard InChI is InChI=1S/C14H26N6O6/c1-8(18-12(24)10(7-22)20-14(25)26-2)11(23)19-9(6-21)4-3-5-17-13(15)16/h6,8-10,22H,3-5,7H2,1-2H3,(H,18,24)(H,19,23)(H,20,25)(H4,15,16,17)/t8-,9-,10+/m0/s1. The first-order valence-corrected chi connectivity index (χ1v) is 7.81. The van der Waals surface area contributed by atoms with Crippen molar-refractivity contribution in [2.45, 2.75) is 37.9 Å². The molecule has 0 aromatic rings. The lowest BCUT2D eigenvalue weighted by Gasteiger charge is -2.20. The number of methoxy groups -OCH3 is 1. The molecular formula is C14H26N6O6. The second-order valence-electron chi connectivity index (χ2n) is 5.30. The number of nitrogens with zero attached hydrogens (tertiary/aromatic N) is 1. The summed E-state index contributed by atoms with van der Waals surface area (Å²) in [7, 11) is 1.10. The average Bonchev–Trinajstić information content (AvgIpc) is 2.61. The minimum atomic E-state index is -1.28. The molecule has 0 heterocycles. The number of nitrogens with two attached hydrogens (primary N) is 2. The summed E-state index contributed by atoms with van der Waals surface area (Å²) in [5, 5.41) is 16.0. The molecule has 0 unspecified atom stereocenters. The molecule has 12 heteroatoms. The maximum Gasteiger partial charge on any atom is 0.407 e. The number of aliphatic hydroxyl groups excluding tert-OH is 1. The van der Waals surface area contributed by atoms with Gasteiger partial charge in [0, 0.05) is 6.54 Å². The van der Waals surface area contributed by atoms with Crippen molar-refractivity contribution in [3.8, 4) is 0 Å². The Morgan fingerprint density at radius 1 is 1.19 bits per heavy atom. The summed E-state index contributed by atoms with van der Waals surface area (Å²) in [4.78, 5) is 49.9. The molecule has 0 radical (unpaired) electrons. The number of aliphatic hydroxyl groups is 1. The maximum absolute atomic E-state index is 12.1. The van der Waals surface area contributed by atoms with Crippen molar-refractivity contribution in [2.24, 2.45) is 16.5 Å². The molecule has 0 spiro atoms. The van der Waals surface area contributed by atoms with Crippen LogP contribution in [0.25, 0.3) is 0 Å². The van der Waals surface area contributed by atoms with E-state index in [-0.39, 0.29) is 5.96 Å². The summed E-state index contributed by atoms with van der Waals surface area (Å²) in [6, 6.07) is -3.05. The molecule has 26 heavy (non-hydrogen) atoms. The van der Waals surface area contributed by atoms with Crippen LogP contribution in [-0.2, 0) is 19.1 Å².